The predicted octanol–water partition coefficient (Wildman–Crippen LogP) is 24.4. The molecule has 0 aromatic carbocycles. The van der Waals surface area contributed by atoms with Crippen molar-refractivity contribution in [1.29, 1.82) is 0 Å². The van der Waals surface area contributed by atoms with Gasteiger partial charge in [0.05, 0.1) is 26.4 Å². The summed E-state index contributed by atoms with van der Waals surface area (Å²) in [5.41, 5.74) is 0. The van der Waals surface area contributed by atoms with Gasteiger partial charge in [0.1, 0.15) is 19.3 Å². The van der Waals surface area contributed by atoms with Crippen molar-refractivity contribution in [2.45, 2.75) is 451 Å². The van der Waals surface area contributed by atoms with E-state index in [2.05, 4.69) is 34.6 Å². The van der Waals surface area contributed by atoms with E-state index in [4.69, 9.17) is 37.0 Å². The first-order valence-electron chi connectivity index (χ1n) is 42.1. The molecule has 19 heteroatoms. The van der Waals surface area contributed by atoms with Gasteiger partial charge in [0.15, 0.2) is 12.2 Å². The molecule has 0 amide bonds. The van der Waals surface area contributed by atoms with Crippen LogP contribution >= 0.6 is 15.6 Å². The second kappa shape index (κ2) is 73.9. The average molecular weight is 1470 g/mol. The molecule has 0 radical (unpaired) electrons. The first kappa shape index (κ1) is 98.1. The Balaban J connectivity index is 5.20. The Labute approximate surface area is 613 Å². The molecule has 0 rings (SSSR count). The van der Waals surface area contributed by atoms with Crippen LogP contribution in [0.3, 0.4) is 0 Å². The highest BCUT2D eigenvalue weighted by molar-refractivity contribution is 7.47. The molecule has 0 aromatic heterocycles. The van der Waals surface area contributed by atoms with Crippen LogP contribution in [0.5, 0.6) is 0 Å². The minimum absolute atomic E-state index is 0.106. The Morgan fingerprint density at radius 1 is 0.270 bits per heavy atom. The van der Waals surface area contributed by atoms with Crippen LogP contribution in [0.2, 0.25) is 0 Å². The molecule has 2 unspecified atom stereocenters. The van der Waals surface area contributed by atoms with Crippen LogP contribution < -0.4 is 0 Å². The van der Waals surface area contributed by atoms with Gasteiger partial charge in [-0.25, -0.2) is 9.13 Å². The number of unbranched alkanes of at least 4 members (excludes halogenated alkanes) is 53. The van der Waals surface area contributed by atoms with Crippen molar-refractivity contribution in [3.05, 3.63) is 0 Å². The SMILES string of the molecule is CCCCCCCCCCCCCCCCCCCCCCCC(=O)O[C@H](COC(=O)CCCCCCCCCCCCCCCCCCC)COP(=O)(O)OC[C@@H](O)COP(=O)(O)OC[C@@H](COC(=O)CCCCCCCCCCC)OC(=O)CCCCCCCCCCCCC(C)C. The minimum Gasteiger partial charge on any atom is -0.462 e. The van der Waals surface area contributed by atoms with Crippen molar-refractivity contribution in [1.82, 2.24) is 0 Å². The maximum atomic E-state index is 13.1. The number of esters is 4. The van der Waals surface area contributed by atoms with E-state index < -0.39 is 97.5 Å². The molecule has 0 aliphatic heterocycles. The van der Waals surface area contributed by atoms with Gasteiger partial charge < -0.3 is 33.8 Å². The maximum absolute atomic E-state index is 13.1. The molecule has 100 heavy (non-hydrogen) atoms. The number of hydrogen-bond donors (Lipinski definition) is 3. The lowest BCUT2D eigenvalue weighted by atomic mass is 10.0. The van der Waals surface area contributed by atoms with Crippen molar-refractivity contribution < 1.29 is 80.2 Å². The highest BCUT2D eigenvalue weighted by Crippen LogP contribution is 2.45. The van der Waals surface area contributed by atoms with Crippen LogP contribution in [0.1, 0.15) is 433 Å². The Hall–Kier alpha value is -1.94. The first-order chi connectivity index (χ1) is 48.5. The van der Waals surface area contributed by atoms with Gasteiger partial charge in [-0.15, -0.1) is 0 Å². The normalized spacial score (nSPS) is 13.8. The fourth-order valence-corrected chi connectivity index (χ4v) is 14.2. The van der Waals surface area contributed by atoms with E-state index in [1.165, 1.54) is 257 Å². The quantitative estimate of drug-likeness (QED) is 0.0222. The average Bonchev–Trinajstić information content (AvgIpc) is 0.924. The summed E-state index contributed by atoms with van der Waals surface area (Å²) in [6, 6.07) is 0. The lowest BCUT2D eigenvalue weighted by Gasteiger charge is -2.21. The van der Waals surface area contributed by atoms with Crippen LogP contribution in [0, 0.1) is 5.92 Å². The molecule has 0 saturated carbocycles. The topological polar surface area (TPSA) is 237 Å². The highest BCUT2D eigenvalue weighted by atomic mass is 31.2. The summed E-state index contributed by atoms with van der Waals surface area (Å²) in [7, 11) is -9.92. The first-order valence-corrected chi connectivity index (χ1v) is 45.1. The van der Waals surface area contributed by atoms with Gasteiger partial charge in [0, 0.05) is 25.7 Å². The number of aliphatic hydroxyl groups is 1. The van der Waals surface area contributed by atoms with E-state index >= 15 is 0 Å². The molecule has 17 nitrogen and oxygen atoms in total. The zero-order valence-corrected chi connectivity index (χ0v) is 67.1. The number of aliphatic hydroxyl groups excluding tert-OH is 1. The van der Waals surface area contributed by atoms with Gasteiger partial charge in [0.25, 0.3) is 0 Å². The van der Waals surface area contributed by atoms with Crippen molar-refractivity contribution in [3.8, 4) is 0 Å². The third-order valence-electron chi connectivity index (χ3n) is 19.0. The van der Waals surface area contributed by atoms with Crippen molar-refractivity contribution >= 4 is 39.5 Å². The summed E-state index contributed by atoms with van der Waals surface area (Å²) in [4.78, 5) is 72.9. The van der Waals surface area contributed by atoms with Crippen molar-refractivity contribution in [2.75, 3.05) is 39.6 Å². The van der Waals surface area contributed by atoms with Gasteiger partial charge in [-0.2, -0.15) is 0 Å². The summed E-state index contributed by atoms with van der Waals surface area (Å²) >= 11 is 0. The Bertz CT molecular complexity index is 1910. The molecule has 0 heterocycles. The van der Waals surface area contributed by atoms with Crippen molar-refractivity contribution in [3.63, 3.8) is 0 Å². The van der Waals surface area contributed by atoms with E-state index in [-0.39, 0.29) is 25.7 Å². The van der Waals surface area contributed by atoms with Gasteiger partial charge in [-0.3, -0.25) is 37.3 Å². The van der Waals surface area contributed by atoms with E-state index in [9.17, 15) is 43.2 Å². The molecule has 594 valence electrons. The summed E-state index contributed by atoms with van der Waals surface area (Å²) < 4.78 is 68.7. The predicted molar refractivity (Wildman–Crippen MR) is 409 cm³/mol. The number of rotatable bonds is 81. The smallest absolute Gasteiger partial charge is 0.462 e. The van der Waals surface area contributed by atoms with Crippen molar-refractivity contribution in [2.24, 2.45) is 5.92 Å². The standard InChI is InChI=1S/C81H158O17P2/c1-6-9-12-15-18-21-23-25-27-29-30-31-32-34-36-38-40-46-51-56-61-66-80(85)97-77(71-92-79(84)65-60-55-50-45-39-37-35-33-28-26-24-22-19-16-13-10-7-2)73-96-100(89,90)94-69-75(82)68-93-99(87,88)95-72-76(70-91-78(83)64-59-54-49-43-20-17-14-11-8-3)98-81(86)67-62-57-52-47-42-41-44-48-53-58-63-74(4)5/h74-77,82H,6-73H2,1-5H3,(H,87,88)(H,89,90)/t75-,76+,77+/m0/s1. The fourth-order valence-electron chi connectivity index (χ4n) is 12.6. The molecular weight excluding hydrogens is 1310 g/mol. The molecule has 0 aliphatic carbocycles. The molecule has 0 spiro atoms. The molecule has 3 N–H and O–H groups in total. The van der Waals surface area contributed by atoms with E-state index in [0.29, 0.717) is 25.7 Å². The highest BCUT2D eigenvalue weighted by Gasteiger charge is 2.30. The van der Waals surface area contributed by atoms with Crippen LogP contribution in [-0.2, 0) is 65.4 Å². The largest absolute Gasteiger partial charge is 0.472 e. The second-order valence-electron chi connectivity index (χ2n) is 29.6. The van der Waals surface area contributed by atoms with Gasteiger partial charge >= 0.3 is 39.5 Å². The molecule has 0 aliphatic rings. The number of carbonyl (C=O) groups excluding carboxylic acids is 4. The summed E-state index contributed by atoms with van der Waals surface area (Å²) in [6.45, 7) is 7.30. The Kier molecular flexibility index (Phi) is 72.5. The number of phosphoric ester groups is 2. The third kappa shape index (κ3) is 74.3. The molecule has 0 saturated heterocycles. The summed E-state index contributed by atoms with van der Waals surface area (Å²) in [6.07, 6.45) is 65.3. The molecule has 0 fully saturated rings. The molecule has 0 aromatic rings. The zero-order valence-electron chi connectivity index (χ0n) is 65.3. The van der Waals surface area contributed by atoms with Gasteiger partial charge in [-0.05, 0) is 31.6 Å². The van der Waals surface area contributed by atoms with Crippen LogP contribution in [0.25, 0.3) is 0 Å². The fraction of sp³-hybridized carbons (Fsp3) is 0.951. The third-order valence-corrected chi connectivity index (χ3v) is 20.9. The maximum Gasteiger partial charge on any atom is 0.472 e. The minimum atomic E-state index is -4.96. The summed E-state index contributed by atoms with van der Waals surface area (Å²) in [5.74, 6) is -1.36. The van der Waals surface area contributed by atoms with Crippen LogP contribution in [0.4, 0.5) is 0 Å². The lowest BCUT2D eigenvalue weighted by Crippen LogP contribution is -2.30. The van der Waals surface area contributed by atoms with Crippen LogP contribution in [-0.4, -0.2) is 96.7 Å². The Morgan fingerprint density at radius 3 is 0.680 bits per heavy atom. The number of hydrogen-bond acceptors (Lipinski definition) is 15. The molecular formula is C81H158O17P2. The number of phosphoric acid groups is 2. The zero-order chi connectivity index (χ0) is 73.4. The second-order valence-corrected chi connectivity index (χ2v) is 32.5. The lowest BCUT2D eigenvalue weighted by molar-refractivity contribution is -0.161. The number of carbonyl (C=O) groups is 4. The molecule has 0 bridgehead atoms. The van der Waals surface area contributed by atoms with E-state index in [1.54, 1.807) is 0 Å². The van der Waals surface area contributed by atoms with Gasteiger partial charge in [0.2, 0.25) is 0 Å². The van der Waals surface area contributed by atoms with E-state index in [1.807, 2.05) is 0 Å². The monoisotopic (exact) mass is 1470 g/mol. The Morgan fingerprint density at radius 2 is 0.460 bits per heavy atom. The van der Waals surface area contributed by atoms with Crippen LogP contribution in [0.15, 0.2) is 0 Å². The molecule has 5 atom stereocenters. The van der Waals surface area contributed by atoms with E-state index in [0.717, 1.165) is 95.8 Å². The number of ether oxygens (including phenoxy) is 4. The summed E-state index contributed by atoms with van der Waals surface area (Å²) in [5, 5.41) is 10.6. The van der Waals surface area contributed by atoms with Gasteiger partial charge in [-0.1, -0.05) is 381 Å².